The summed E-state index contributed by atoms with van der Waals surface area (Å²) in [6, 6.07) is -0.699. The zero-order chi connectivity index (χ0) is 16.4. The van der Waals surface area contributed by atoms with Crippen molar-refractivity contribution in [2.24, 2.45) is 0 Å². The van der Waals surface area contributed by atoms with Crippen molar-refractivity contribution < 1.29 is 14.3 Å². The lowest BCUT2D eigenvalue weighted by Crippen LogP contribution is -2.30. The van der Waals surface area contributed by atoms with Crippen LogP contribution >= 0.6 is 11.3 Å². The summed E-state index contributed by atoms with van der Waals surface area (Å²) in [5.74, 6) is -0.450. The molecule has 23 heavy (non-hydrogen) atoms. The Labute approximate surface area is 138 Å². The number of fused-ring (bicyclic) bond motifs is 3. The average molecular weight is 336 g/mol. The second-order valence-electron chi connectivity index (χ2n) is 5.68. The molecule has 0 amide bonds. The normalized spacial score (nSPS) is 15.4. The summed E-state index contributed by atoms with van der Waals surface area (Å²) in [5, 5.41) is 0.684. The molecule has 7 heteroatoms. The molecule has 1 aliphatic rings. The summed E-state index contributed by atoms with van der Waals surface area (Å²) in [4.78, 5) is 31.3. The Morgan fingerprint density at radius 3 is 2.96 bits per heavy atom. The van der Waals surface area contributed by atoms with Gasteiger partial charge in [-0.15, -0.1) is 11.3 Å². The topological polar surface area (TPSA) is 70.4 Å². The molecule has 0 saturated carbocycles. The van der Waals surface area contributed by atoms with Crippen LogP contribution in [0.3, 0.4) is 0 Å². The monoisotopic (exact) mass is 336 g/mol. The Kier molecular flexibility index (Phi) is 4.77. The molecule has 0 spiro atoms. The molecule has 0 radical (unpaired) electrons. The molecule has 0 fully saturated rings. The number of rotatable bonds is 5. The average Bonchev–Trinajstić information content (AvgIpc) is 2.94. The Bertz CT molecular complexity index is 780. The van der Waals surface area contributed by atoms with Gasteiger partial charge in [-0.05, 0) is 38.2 Å². The number of carbonyl (C=O) groups excluding carboxylic acids is 1. The van der Waals surface area contributed by atoms with Crippen molar-refractivity contribution in [3.63, 3.8) is 0 Å². The van der Waals surface area contributed by atoms with Crippen LogP contribution in [0.1, 0.15) is 36.2 Å². The fourth-order valence-electron chi connectivity index (χ4n) is 2.89. The number of carbonyl (C=O) groups is 1. The van der Waals surface area contributed by atoms with Crippen molar-refractivity contribution >= 4 is 27.5 Å². The molecule has 0 saturated heterocycles. The van der Waals surface area contributed by atoms with E-state index < -0.39 is 12.0 Å². The molecule has 2 heterocycles. The van der Waals surface area contributed by atoms with Crippen LogP contribution in [0.4, 0.5) is 0 Å². The lowest BCUT2D eigenvalue weighted by atomic mass is 9.97. The van der Waals surface area contributed by atoms with Gasteiger partial charge in [0.05, 0.1) is 18.3 Å². The van der Waals surface area contributed by atoms with Gasteiger partial charge in [0.25, 0.3) is 5.56 Å². The number of aryl methyl sites for hydroxylation is 2. The Morgan fingerprint density at radius 2 is 2.17 bits per heavy atom. The van der Waals surface area contributed by atoms with Crippen molar-refractivity contribution in [3.8, 4) is 0 Å². The van der Waals surface area contributed by atoms with Crippen LogP contribution < -0.4 is 5.56 Å². The third-order valence-corrected chi connectivity index (χ3v) is 5.39. The Hall–Kier alpha value is -1.73. The number of methoxy groups -OCH3 is 1. The van der Waals surface area contributed by atoms with Crippen molar-refractivity contribution in [2.75, 3.05) is 20.3 Å². The molecule has 2 aromatic heterocycles. The highest BCUT2D eigenvalue weighted by Crippen LogP contribution is 2.33. The molecule has 6 nitrogen and oxygen atoms in total. The van der Waals surface area contributed by atoms with E-state index in [0.717, 1.165) is 36.1 Å². The summed E-state index contributed by atoms with van der Waals surface area (Å²) in [6.45, 7) is 2.17. The minimum absolute atomic E-state index is 0.148. The predicted octanol–water partition coefficient (Wildman–Crippen LogP) is 2.09. The van der Waals surface area contributed by atoms with Gasteiger partial charge in [0, 0.05) is 12.0 Å². The molecule has 3 rings (SSSR count). The second kappa shape index (κ2) is 6.80. The minimum atomic E-state index is -0.699. The summed E-state index contributed by atoms with van der Waals surface area (Å²) in [6.07, 6.45) is 5.65. The number of nitrogens with zero attached hydrogens (tertiary/aromatic N) is 2. The third kappa shape index (κ3) is 3.03. The Morgan fingerprint density at radius 1 is 1.39 bits per heavy atom. The summed E-state index contributed by atoms with van der Waals surface area (Å²) >= 11 is 1.60. The maximum atomic E-state index is 12.8. The summed E-state index contributed by atoms with van der Waals surface area (Å²) in [7, 11) is 1.54. The third-order valence-electron chi connectivity index (χ3n) is 4.19. The number of esters is 1. The minimum Gasteiger partial charge on any atom is -0.462 e. The summed E-state index contributed by atoms with van der Waals surface area (Å²) in [5.41, 5.74) is 0.980. The zero-order valence-electron chi connectivity index (χ0n) is 13.3. The molecular weight excluding hydrogens is 316 g/mol. The van der Waals surface area contributed by atoms with E-state index in [0.29, 0.717) is 12.0 Å². The van der Waals surface area contributed by atoms with Crippen molar-refractivity contribution in [3.05, 3.63) is 27.1 Å². The first-order chi connectivity index (χ1) is 11.1. The quantitative estimate of drug-likeness (QED) is 0.618. The fraction of sp³-hybridized carbons (Fsp3) is 0.562. The summed E-state index contributed by atoms with van der Waals surface area (Å²) < 4.78 is 11.3. The van der Waals surface area contributed by atoms with Crippen LogP contribution in [0.5, 0.6) is 0 Å². The van der Waals surface area contributed by atoms with Crippen LogP contribution in [0.15, 0.2) is 11.1 Å². The molecule has 0 aliphatic heterocycles. The number of ether oxygens (including phenoxy) is 2. The predicted molar refractivity (Wildman–Crippen MR) is 88.1 cm³/mol. The van der Waals surface area contributed by atoms with E-state index in [2.05, 4.69) is 4.98 Å². The molecule has 1 aliphatic carbocycles. The number of thiophene rings is 1. The number of hydrogen-bond donors (Lipinski definition) is 0. The smallest absolute Gasteiger partial charge is 0.329 e. The van der Waals surface area contributed by atoms with E-state index >= 15 is 0 Å². The van der Waals surface area contributed by atoms with E-state index in [1.54, 1.807) is 25.4 Å². The SMILES string of the molecule is COCCOC(=O)[C@@H](C)n1cnc2sc3c(c2c1=O)CCCC3. The van der Waals surface area contributed by atoms with Crippen molar-refractivity contribution in [2.45, 2.75) is 38.6 Å². The second-order valence-corrected chi connectivity index (χ2v) is 6.77. The van der Waals surface area contributed by atoms with Crippen LogP contribution in [-0.2, 0) is 27.1 Å². The Balaban J connectivity index is 1.94. The molecule has 2 aromatic rings. The van der Waals surface area contributed by atoms with Crippen LogP contribution in [0.25, 0.3) is 10.2 Å². The van der Waals surface area contributed by atoms with Gasteiger partial charge in [0.1, 0.15) is 17.5 Å². The van der Waals surface area contributed by atoms with Crippen LogP contribution in [0, 0.1) is 0 Å². The highest BCUT2D eigenvalue weighted by molar-refractivity contribution is 7.18. The molecular formula is C16H20N2O4S. The number of hydrogen-bond acceptors (Lipinski definition) is 6. The van der Waals surface area contributed by atoms with Gasteiger partial charge in [-0.25, -0.2) is 9.78 Å². The zero-order valence-corrected chi connectivity index (χ0v) is 14.1. The highest BCUT2D eigenvalue weighted by atomic mass is 32.1. The van der Waals surface area contributed by atoms with E-state index in [-0.39, 0.29) is 12.2 Å². The van der Waals surface area contributed by atoms with Crippen molar-refractivity contribution in [1.29, 1.82) is 0 Å². The lowest BCUT2D eigenvalue weighted by molar-refractivity contribution is -0.148. The van der Waals surface area contributed by atoms with E-state index in [1.807, 2.05) is 0 Å². The highest BCUT2D eigenvalue weighted by Gasteiger charge is 2.23. The fourth-order valence-corrected chi connectivity index (χ4v) is 4.11. The van der Waals surface area contributed by atoms with Gasteiger partial charge >= 0.3 is 5.97 Å². The van der Waals surface area contributed by atoms with Gasteiger partial charge in [-0.3, -0.25) is 9.36 Å². The van der Waals surface area contributed by atoms with Gasteiger partial charge in [0.15, 0.2) is 0 Å². The molecule has 124 valence electrons. The number of aromatic nitrogens is 2. The van der Waals surface area contributed by atoms with Crippen molar-refractivity contribution in [1.82, 2.24) is 9.55 Å². The standard InChI is InChI=1S/C16H20N2O4S/c1-10(16(20)22-8-7-21-2)18-9-17-14-13(15(18)19)11-5-3-4-6-12(11)23-14/h9-10H,3-8H2,1-2H3/t10-/m1/s1. The van der Waals surface area contributed by atoms with E-state index in [9.17, 15) is 9.59 Å². The lowest BCUT2D eigenvalue weighted by Gasteiger charge is -2.14. The maximum absolute atomic E-state index is 12.8. The first kappa shape index (κ1) is 16.1. The molecule has 1 atom stereocenters. The molecule has 0 aromatic carbocycles. The van der Waals surface area contributed by atoms with Gasteiger partial charge in [-0.1, -0.05) is 0 Å². The van der Waals surface area contributed by atoms with Crippen LogP contribution in [0.2, 0.25) is 0 Å². The van der Waals surface area contributed by atoms with Gasteiger partial charge in [0.2, 0.25) is 0 Å². The van der Waals surface area contributed by atoms with Gasteiger partial charge < -0.3 is 9.47 Å². The van der Waals surface area contributed by atoms with E-state index in [4.69, 9.17) is 9.47 Å². The maximum Gasteiger partial charge on any atom is 0.329 e. The molecule has 0 bridgehead atoms. The van der Waals surface area contributed by atoms with Crippen LogP contribution in [-0.4, -0.2) is 35.8 Å². The van der Waals surface area contributed by atoms with E-state index in [1.165, 1.54) is 15.8 Å². The first-order valence-electron chi connectivity index (χ1n) is 7.80. The molecule has 0 unspecified atom stereocenters. The van der Waals surface area contributed by atoms with Gasteiger partial charge in [-0.2, -0.15) is 0 Å². The molecule has 0 N–H and O–H groups in total. The first-order valence-corrected chi connectivity index (χ1v) is 8.62. The largest absolute Gasteiger partial charge is 0.462 e.